The molecule has 1 fully saturated rings. The fraction of sp³-hybridized carbons (Fsp3) is 0.316. The van der Waals surface area contributed by atoms with E-state index in [0.29, 0.717) is 11.3 Å². The smallest absolute Gasteiger partial charge is 0.264 e. The lowest BCUT2D eigenvalue weighted by molar-refractivity contribution is -0.140. The summed E-state index contributed by atoms with van der Waals surface area (Å²) in [7, 11) is -4.23. The molecule has 1 atom stereocenters. The summed E-state index contributed by atoms with van der Waals surface area (Å²) in [6.07, 6.45) is 3.88. The fourth-order valence-corrected chi connectivity index (χ4v) is 7.54. The van der Waals surface area contributed by atoms with Gasteiger partial charge in [-0.25, -0.2) is 12.8 Å². The quantitative estimate of drug-likeness (QED) is 0.185. The summed E-state index contributed by atoms with van der Waals surface area (Å²) in [5.74, 6) is -1.48. The number of rotatable bonds is 12. The number of benzene rings is 4. The Balaban J connectivity index is 1.60. The molecule has 9 heteroatoms. The highest BCUT2D eigenvalue weighted by molar-refractivity contribution is 7.92. The summed E-state index contributed by atoms with van der Waals surface area (Å²) in [6.45, 7) is 4.71. The van der Waals surface area contributed by atoms with Crippen molar-refractivity contribution in [3.05, 3.63) is 131 Å². The Labute approximate surface area is 277 Å². The molecule has 47 heavy (non-hydrogen) atoms. The van der Waals surface area contributed by atoms with E-state index in [2.05, 4.69) is 5.32 Å². The van der Waals surface area contributed by atoms with Gasteiger partial charge in [0.2, 0.25) is 11.8 Å². The maximum atomic E-state index is 15.2. The van der Waals surface area contributed by atoms with Gasteiger partial charge < -0.3 is 10.2 Å². The Hall–Kier alpha value is -4.50. The van der Waals surface area contributed by atoms with Gasteiger partial charge in [0.15, 0.2) is 0 Å². The van der Waals surface area contributed by atoms with Crippen LogP contribution in [0.15, 0.2) is 102 Å². The SMILES string of the molecule is Cc1ccc(S(=O)(=O)N(CC(=O)N(Cc2ccccc2F)[C@@H](Cc2ccccc2)C(=O)NC2CCCC2)c2cc(C)ccc2C)cc1. The van der Waals surface area contributed by atoms with Crippen LogP contribution in [-0.4, -0.2) is 43.8 Å². The molecule has 246 valence electrons. The van der Waals surface area contributed by atoms with Gasteiger partial charge in [-0.15, -0.1) is 0 Å². The molecule has 0 radical (unpaired) electrons. The molecule has 1 saturated carbocycles. The lowest BCUT2D eigenvalue weighted by atomic mass is 10.0. The van der Waals surface area contributed by atoms with Crippen molar-refractivity contribution in [3.8, 4) is 0 Å². The van der Waals surface area contributed by atoms with Crippen LogP contribution >= 0.6 is 0 Å². The molecule has 0 saturated heterocycles. The van der Waals surface area contributed by atoms with E-state index in [4.69, 9.17) is 0 Å². The minimum absolute atomic E-state index is 0.0143. The van der Waals surface area contributed by atoms with Crippen molar-refractivity contribution in [3.63, 3.8) is 0 Å². The van der Waals surface area contributed by atoms with Crippen LogP contribution in [0.5, 0.6) is 0 Å². The molecule has 1 N–H and O–H groups in total. The number of hydrogen-bond acceptors (Lipinski definition) is 4. The number of nitrogens with zero attached hydrogens (tertiary/aromatic N) is 2. The fourth-order valence-electron chi connectivity index (χ4n) is 6.07. The molecule has 0 unspecified atom stereocenters. The number of sulfonamides is 1. The minimum Gasteiger partial charge on any atom is -0.352 e. The molecule has 7 nitrogen and oxygen atoms in total. The van der Waals surface area contributed by atoms with Crippen LogP contribution in [0.1, 0.15) is 53.5 Å². The van der Waals surface area contributed by atoms with E-state index in [0.717, 1.165) is 46.7 Å². The predicted molar refractivity (Wildman–Crippen MR) is 183 cm³/mol. The van der Waals surface area contributed by atoms with Crippen LogP contribution in [0.2, 0.25) is 0 Å². The second kappa shape index (κ2) is 14.9. The van der Waals surface area contributed by atoms with E-state index in [1.165, 1.54) is 23.1 Å². The first-order valence-electron chi connectivity index (χ1n) is 16.1. The molecule has 0 heterocycles. The first-order chi connectivity index (χ1) is 22.5. The largest absolute Gasteiger partial charge is 0.352 e. The first-order valence-corrected chi connectivity index (χ1v) is 17.5. The summed E-state index contributed by atoms with van der Waals surface area (Å²) >= 11 is 0. The first kappa shape index (κ1) is 33.9. The average Bonchev–Trinajstić information content (AvgIpc) is 3.57. The number of carbonyl (C=O) groups is 2. The summed E-state index contributed by atoms with van der Waals surface area (Å²) in [5.41, 5.74) is 3.80. The third-order valence-corrected chi connectivity index (χ3v) is 10.6. The number of aryl methyl sites for hydroxylation is 3. The van der Waals surface area contributed by atoms with Gasteiger partial charge in [-0.05, 0) is 74.6 Å². The second-order valence-electron chi connectivity index (χ2n) is 12.4. The summed E-state index contributed by atoms with van der Waals surface area (Å²) in [6, 6.07) is 26.4. The molecule has 2 amide bonds. The highest BCUT2D eigenvalue weighted by Crippen LogP contribution is 2.29. The Kier molecular flexibility index (Phi) is 10.8. The number of hydrogen-bond donors (Lipinski definition) is 1. The number of carbonyl (C=O) groups excluding carboxylic acids is 2. The van der Waals surface area contributed by atoms with E-state index in [1.807, 2.05) is 56.3 Å². The molecule has 4 aromatic carbocycles. The van der Waals surface area contributed by atoms with E-state index < -0.39 is 34.3 Å². The van der Waals surface area contributed by atoms with Crippen molar-refractivity contribution in [2.75, 3.05) is 10.8 Å². The maximum Gasteiger partial charge on any atom is 0.264 e. The molecule has 1 aliphatic rings. The Morgan fingerprint density at radius 1 is 0.851 bits per heavy atom. The third-order valence-electron chi connectivity index (χ3n) is 8.79. The summed E-state index contributed by atoms with van der Waals surface area (Å²) in [5, 5.41) is 3.14. The molecule has 1 aliphatic carbocycles. The second-order valence-corrected chi connectivity index (χ2v) is 14.3. The van der Waals surface area contributed by atoms with Gasteiger partial charge in [0, 0.05) is 24.6 Å². The summed E-state index contributed by atoms with van der Waals surface area (Å²) in [4.78, 5) is 30.1. The highest BCUT2D eigenvalue weighted by atomic mass is 32.2. The molecular formula is C38H42FN3O4S. The van der Waals surface area contributed by atoms with Crippen LogP contribution in [0, 0.1) is 26.6 Å². The van der Waals surface area contributed by atoms with Crippen molar-refractivity contribution >= 4 is 27.5 Å². The van der Waals surface area contributed by atoms with Crippen molar-refractivity contribution in [2.24, 2.45) is 0 Å². The van der Waals surface area contributed by atoms with Gasteiger partial charge in [0.25, 0.3) is 10.0 Å². The highest BCUT2D eigenvalue weighted by Gasteiger charge is 2.36. The van der Waals surface area contributed by atoms with Crippen LogP contribution in [0.25, 0.3) is 0 Å². The van der Waals surface area contributed by atoms with E-state index >= 15 is 4.39 Å². The Morgan fingerprint density at radius 3 is 2.17 bits per heavy atom. The minimum atomic E-state index is -4.23. The number of amides is 2. The topological polar surface area (TPSA) is 86.8 Å². The van der Waals surface area contributed by atoms with Crippen molar-refractivity contribution in [2.45, 2.75) is 76.4 Å². The molecule has 0 bridgehead atoms. The van der Waals surface area contributed by atoms with Gasteiger partial charge >= 0.3 is 0 Å². The zero-order valence-electron chi connectivity index (χ0n) is 27.2. The number of halogens is 1. The van der Waals surface area contributed by atoms with Gasteiger partial charge in [-0.3, -0.25) is 13.9 Å². The molecular weight excluding hydrogens is 614 g/mol. The van der Waals surface area contributed by atoms with Gasteiger partial charge in [-0.1, -0.05) is 91.2 Å². The number of anilines is 1. The Morgan fingerprint density at radius 2 is 1.49 bits per heavy atom. The van der Waals surface area contributed by atoms with Crippen molar-refractivity contribution in [1.29, 1.82) is 0 Å². The zero-order chi connectivity index (χ0) is 33.6. The zero-order valence-corrected chi connectivity index (χ0v) is 28.0. The maximum absolute atomic E-state index is 15.2. The Bertz CT molecular complexity index is 1810. The third kappa shape index (κ3) is 8.27. The van der Waals surface area contributed by atoms with E-state index in [9.17, 15) is 18.0 Å². The molecule has 0 aromatic heterocycles. The molecule has 5 rings (SSSR count). The molecule has 4 aromatic rings. The average molecular weight is 656 g/mol. The van der Waals surface area contributed by atoms with E-state index in [1.54, 1.807) is 43.3 Å². The standard InChI is InChI=1S/C38H42FN3O4S/c1-27-18-21-33(22-19-27)47(45,46)42(35-23-28(2)17-20-29(35)3)26-37(43)41(25-31-13-7-10-16-34(31)39)36(24-30-11-5-4-6-12-30)38(44)40-32-14-8-9-15-32/h4-7,10-13,16-23,32,36H,8-9,14-15,24-26H2,1-3H3,(H,40,44)/t36-/m0/s1. The van der Waals surface area contributed by atoms with Gasteiger partial charge in [0.1, 0.15) is 18.4 Å². The van der Waals surface area contributed by atoms with Gasteiger partial charge in [0.05, 0.1) is 10.6 Å². The molecule has 0 aliphatic heterocycles. The van der Waals surface area contributed by atoms with Gasteiger partial charge in [-0.2, -0.15) is 0 Å². The van der Waals surface area contributed by atoms with Crippen LogP contribution in [0.3, 0.4) is 0 Å². The van der Waals surface area contributed by atoms with Crippen molar-refractivity contribution < 1.29 is 22.4 Å². The van der Waals surface area contributed by atoms with Crippen molar-refractivity contribution in [1.82, 2.24) is 10.2 Å². The number of nitrogens with one attached hydrogen (secondary N) is 1. The summed E-state index contributed by atoms with van der Waals surface area (Å²) < 4.78 is 44.9. The lowest BCUT2D eigenvalue weighted by Gasteiger charge is -2.34. The normalized spacial score (nSPS) is 14.0. The van der Waals surface area contributed by atoms with Crippen LogP contribution in [-0.2, 0) is 32.6 Å². The van der Waals surface area contributed by atoms with Crippen LogP contribution in [0.4, 0.5) is 10.1 Å². The monoisotopic (exact) mass is 655 g/mol. The molecule has 0 spiro atoms. The van der Waals surface area contributed by atoms with E-state index in [-0.39, 0.29) is 35.4 Å². The van der Waals surface area contributed by atoms with Crippen LogP contribution < -0.4 is 9.62 Å². The predicted octanol–water partition coefficient (Wildman–Crippen LogP) is 6.65. The lowest BCUT2D eigenvalue weighted by Crippen LogP contribution is -2.54.